The molecule has 3 heterocycles. The van der Waals surface area contributed by atoms with Crippen LogP contribution in [0.2, 0.25) is 0 Å². The maximum Gasteiger partial charge on any atom is 0.396 e. The third-order valence-electron chi connectivity index (χ3n) is 4.42. The van der Waals surface area contributed by atoms with Crippen molar-refractivity contribution in [1.29, 1.82) is 0 Å². The summed E-state index contributed by atoms with van der Waals surface area (Å²) in [7, 11) is 11.2. The number of halogens is 1. The number of benzene rings is 1. The molecule has 9 nitrogen and oxygen atoms in total. The molecule has 1 aromatic carbocycles. The van der Waals surface area contributed by atoms with Gasteiger partial charge in [-0.05, 0) is 31.0 Å². The summed E-state index contributed by atoms with van der Waals surface area (Å²) in [4.78, 5) is 25.3. The molecule has 30 heavy (non-hydrogen) atoms. The van der Waals surface area contributed by atoms with Crippen molar-refractivity contribution in [2.24, 2.45) is 0 Å². The number of hydrogen-bond donors (Lipinski definition) is 2. The normalized spacial score (nSPS) is 23.1. The maximum absolute atomic E-state index is 13.3. The maximum atomic E-state index is 13.3. The van der Waals surface area contributed by atoms with E-state index in [1.165, 1.54) is 35.0 Å². The number of nitrogens with one attached hydrogen (secondary N) is 1. The molecule has 4 radical (unpaired) electrons. The minimum absolute atomic E-state index is 0.0931. The molecule has 156 valence electrons. The SMILES string of the molecule is CO.[B]C([B])(OP1OCc2cc(F)ccc2O1)C1CCC(n2ccc(=O)[nH]c2=O)O1. The lowest BCUT2D eigenvalue weighted by molar-refractivity contribution is -0.0469. The van der Waals surface area contributed by atoms with E-state index in [9.17, 15) is 14.0 Å². The van der Waals surface area contributed by atoms with Crippen LogP contribution in [0.4, 0.5) is 4.39 Å². The number of ether oxygens (including phenoxy) is 1. The second-order valence-electron chi connectivity index (χ2n) is 6.46. The number of H-pyrrole nitrogens is 1. The first-order valence-electron chi connectivity index (χ1n) is 8.90. The highest BCUT2D eigenvalue weighted by Crippen LogP contribution is 2.50. The minimum atomic E-state index is -1.92. The summed E-state index contributed by atoms with van der Waals surface area (Å²) in [6.45, 7) is 0.0931. The lowest BCUT2D eigenvalue weighted by Crippen LogP contribution is -2.45. The number of aromatic nitrogens is 2. The van der Waals surface area contributed by atoms with E-state index in [-0.39, 0.29) is 6.61 Å². The Balaban J connectivity index is 0.00000124. The van der Waals surface area contributed by atoms with E-state index >= 15 is 0 Å². The van der Waals surface area contributed by atoms with Gasteiger partial charge in [-0.15, -0.1) is 0 Å². The van der Waals surface area contributed by atoms with Gasteiger partial charge in [0.25, 0.3) is 5.56 Å². The molecule has 4 rings (SSSR count). The number of nitrogens with zero attached hydrogens (tertiary/aromatic N) is 1. The second kappa shape index (κ2) is 9.45. The molecule has 0 aliphatic carbocycles. The predicted octanol–water partition coefficient (Wildman–Crippen LogP) is 0.805. The second-order valence-corrected chi connectivity index (χ2v) is 7.53. The van der Waals surface area contributed by atoms with Crippen LogP contribution in [0.25, 0.3) is 0 Å². The summed E-state index contributed by atoms with van der Waals surface area (Å²) in [5.74, 6) is 0.0348. The van der Waals surface area contributed by atoms with Crippen LogP contribution in [0.5, 0.6) is 5.75 Å². The van der Waals surface area contributed by atoms with Gasteiger partial charge in [-0.25, -0.2) is 9.18 Å². The molecule has 2 aliphatic rings. The van der Waals surface area contributed by atoms with Crippen molar-refractivity contribution >= 4 is 24.3 Å². The average Bonchev–Trinajstić information content (AvgIpc) is 3.20. The van der Waals surface area contributed by atoms with Crippen LogP contribution in [0, 0.1) is 5.82 Å². The molecule has 1 fully saturated rings. The van der Waals surface area contributed by atoms with Gasteiger partial charge < -0.3 is 18.9 Å². The van der Waals surface area contributed by atoms with E-state index in [1.807, 2.05) is 0 Å². The smallest absolute Gasteiger partial charge is 0.396 e. The zero-order chi connectivity index (χ0) is 21.9. The van der Waals surface area contributed by atoms with Crippen molar-refractivity contribution in [2.45, 2.75) is 37.2 Å². The van der Waals surface area contributed by atoms with Crippen LogP contribution >= 0.6 is 8.60 Å². The number of aromatic amines is 1. The highest BCUT2D eigenvalue weighted by Gasteiger charge is 2.41. The van der Waals surface area contributed by atoms with E-state index < -0.39 is 43.4 Å². The molecule has 3 unspecified atom stereocenters. The van der Waals surface area contributed by atoms with Gasteiger partial charge in [0.2, 0.25) is 0 Å². The van der Waals surface area contributed by atoms with Crippen LogP contribution in [0.1, 0.15) is 24.6 Å². The fraction of sp³-hybridized carbons (Fsp3) is 0.412. The molecule has 1 aromatic heterocycles. The average molecular weight is 434 g/mol. The molecule has 2 aliphatic heterocycles. The van der Waals surface area contributed by atoms with Gasteiger partial charge in [0.15, 0.2) is 0 Å². The summed E-state index contributed by atoms with van der Waals surface area (Å²) >= 11 is 0. The van der Waals surface area contributed by atoms with E-state index in [0.29, 0.717) is 24.2 Å². The third-order valence-corrected chi connectivity index (χ3v) is 5.57. The monoisotopic (exact) mass is 434 g/mol. The molecule has 3 atom stereocenters. The Morgan fingerprint density at radius 2 is 2.07 bits per heavy atom. The zero-order valence-electron chi connectivity index (χ0n) is 16.0. The molecule has 0 bridgehead atoms. The quantitative estimate of drug-likeness (QED) is 0.541. The lowest BCUT2D eigenvalue weighted by atomic mass is 9.61. The Morgan fingerprint density at radius 3 is 2.80 bits per heavy atom. The van der Waals surface area contributed by atoms with Crippen molar-refractivity contribution in [2.75, 3.05) is 7.11 Å². The van der Waals surface area contributed by atoms with Gasteiger partial charge in [-0.2, -0.15) is 0 Å². The van der Waals surface area contributed by atoms with Gasteiger partial charge in [-0.3, -0.25) is 18.9 Å². The summed E-state index contributed by atoms with van der Waals surface area (Å²) < 4.78 is 36.9. The topological polar surface area (TPSA) is 112 Å². The lowest BCUT2D eigenvalue weighted by Gasteiger charge is -2.36. The Hall–Kier alpha value is -1.97. The third kappa shape index (κ3) is 5.01. The summed E-state index contributed by atoms with van der Waals surface area (Å²) in [5.41, 5.74) is -0.539. The molecule has 1 saturated heterocycles. The van der Waals surface area contributed by atoms with E-state index in [0.717, 1.165) is 7.11 Å². The predicted molar refractivity (Wildman–Crippen MR) is 107 cm³/mol. The first kappa shape index (κ1) is 22.7. The van der Waals surface area contributed by atoms with Gasteiger partial charge in [0.1, 0.15) is 33.5 Å². The van der Waals surface area contributed by atoms with E-state index in [2.05, 4.69) is 4.98 Å². The molecular weight excluding hydrogens is 416 g/mol. The van der Waals surface area contributed by atoms with Crippen LogP contribution < -0.4 is 15.8 Å². The molecule has 0 spiro atoms. The molecule has 2 N–H and O–H groups in total. The van der Waals surface area contributed by atoms with Gasteiger partial charge in [-0.1, -0.05) is 0 Å². The number of fused-ring (bicyclic) bond motifs is 1. The van der Waals surface area contributed by atoms with Crippen molar-refractivity contribution in [3.05, 3.63) is 62.7 Å². The highest BCUT2D eigenvalue weighted by atomic mass is 31.2. The number of aliphatic hydroxyl groups is 1. The summed E-state index contributed by atoms with van der Waals surface area (Å²) in [6, 6.07) is 5.28. The van der Waals surface area contributed by atoms with Crippen LogP contribution in [-0.4, -0.2) is 49.0 Å². The Bertz CT molecular complexity index is 1000. The number of rotatable bonds is 4. The first-order chi connectivity index (χ1) is 14.3. The van der Waals surface area contributed by atoms with Gasteiger partial charge in [0.05, 0.1) is 12.7 Å². The van der Waals surface area contributed by atoms with E-state index in [1.54, 1.807) is 0 Å². The number of hydrogen-bond acceptors (Lipinski definition) is 7. The van der Waals surface area contributed by atoms with Crippen LogP contribution in [0.15, 0.2) is 40.1 Å². The van der Waals surface area contributed by atoms with Gasteiger partial charge in [0, 0.05) is 30.3 Å². The van der Waals surface area contributed by atoms with Gasteiger partial charge >= 0.3 is 14.3 Å². The fourth-order valence-corrected chi connectivity index (χ4v) is 4.12. The summed E-state index contributed by atoms with van der Waals surface area (Å²) in [5, 5.41) is 5.25. The molecule has 0 amide bonds. The first-order valence-corrected chi connectivity index (χ1v) is 9.99. The molecule has 13 heteroatoms. The molecule has 2 aromatic rings. The Labute approximate surface area is 174 Å². The van der Waals surface area contributed by atoms with Crippen LogP contribution in [-0.2, 0) is 20.4 Å². The van der Waals surface area contributed by atoms with Crippen molar-refractivity contribution in [3.63, 3.8) is 0 Å². The van der Waals surface area contributed by atoms with Crippen LogP contribution in [0.3, 0.4) is 0 Å². The van der Waals surface area contributed by atoms with Crippen molar-refractivity contribution in [1.82, 2.24) is 9.55 Å². The van der Waals surface area contributed by atoms with Crippen molar-refractivity contribution < 1.29 is 27.8 Å². The molecule has 0 saturated carbocycles. The summed E-state index contributed by atoms with van der Waals surface area (Å²) in [6.07, 6.45) is 0.804. The standard InChI is InChI=1S/C16H14B2FN2O6P.CH4O/c17-16(18,27-28-24-8-9-7-10(19)1-2-11(9)26-28)12-3-4-14(25-12)21-6-5-13(22)20-15(21)23;1-2/h1-2,5-7,12,14H,3-4,8H2,(H,20,22,23);2H,1H3. The zero-order valence-corrected chi connectivity index (χ0v) is 16.9. The van der Waals surface area contributed by atoms with Crippen molar-refractivity contribution in [3.8, 4) is 5.75 Å². The Morgan fingerprint density at radius 1 is 1.30 bits per heavy atom. The highest BCUT2D eigenvalue weighted by molar-refractivity contribution is 7.42. The molecular formula is C17H18B2FN2O7P. The Kier molecular flexibility index (Phi) is 7.15. The minimum Gasteiger partial charge on any atom is -0.426 e. The number of aliphatic hydroxyl groups excluding tert-OH is 1. The van der Waals surface area contributed by atoms with E-state index in [4.69, 9.17) is 39.1 Å². The fourth-order valence-electron chi connectivity index (χ4n) is 3.02. The largest absolute Gasteiger partial charge is 0.426 e.